The molecule has 0 amide bonds. The first-order valence-corrected chi connectivity index (χ1v) is 21.5. The van der Waals surface area contributed by atoms with Crippen LogP contribution in [0.5, 0.6) is 0 Å². The van der Waals surface area contributed by atoms with E-state index in [1.807, 2.05) is 60.7 Å². The van der Waals surface area contributed by atoms with Gasteiger partial charge in [0.15, 0.2) is 17.5 Å². The second-order valence-corrected chi connectivity index (χ2v) is 16.4. The molecule has 5 nitrogen and oxygen atoms in total. The Morgan fingerprint density at radius 1 is 0.286 bits per heavy atom. The molecule has 63 heavy (non-hydrogen) atoms. The summed E-state index contributed by atoms with van der Waals surface area (Å²) in [6.45, 7) is 0. The van der Waals surface area contributed by atoms with E-state index in [0.29, 0.717) is 17.5 Å². The van der Waals surface area contributed by atoms with Crippen LogP contribution >= 0.6 is 0 Å². The maximum absolute atomic E-state index is 5.06. The van der Waals surface area contributed by atoms with E-state index in [2.05, 4.69) is 161 Å². The highest BCUT2D eigenvalue weighted by molar-refractivity contribution is 6.12. The van der Waals surface area contributed by atoms with Crippen molar-refractivity contribution in [2.45, 2.75) is 6.42 Å². The zero-order valence-electron chi connectivity index (χ0n) is 34.2. The number of benzene rings is 9. The number of aromatic nitrogens is 5. The summed E-state index contributed by atoms with van der Waals surface area (Å²) in [5, 5.41) is 5.00. The second kappa shape index (κ2) is 14.1. The quantitative estimate of drug-likeness (QED) is 0.168. The minimum Gasteiger partial charge on any atom is -0.309 e. The number of hydrogen-bond donors (Lipinski definition) is 0. The Hall–Kier alpha value is -8.41. The van der Waals surface area contributed by atoms with E-state index >= 15 is 0 Å². The third-order valence-electron chi connectivity index (χ3n) is 12.8. The molecule has 9 aromatic carbocycles. The Labute approximate surface area is 363 Å². The van der Waals surface area contributed by atoms with Gasteiger partial charge >= 0.3 is 0 Å². The van der Waals surface area contributed by atoms with Crippen LogP contribution in [0.1, 0.15) is 11.1 Å². The molecule has 0 spiro atoms. The first-order chi connectivity index (χ1) is 31.2. The molecule has 5 heteroatoms. The summed E-state index contributed by atoms with van der Waals surface area (Å²) >= 11 is 0. The lowest BCUT2D eigenvalue weighted by atomic mass is 10.0. The molecule has 0 radical (unpaired) electrons. The predicted molar refractivity (Wildman–Crippen MR) is 258 cm³/mol. The van der Waals surface area contributed by atoms with Crippen molar-refractivity contribution in [1.82, 2.24) is 24.1 Å². The van der Waals surface area contributed by atoms with Gasteiger partial charge in [-0.1, -0.05) is 158 Å². The van der Waals surface area contributed by atoms with E-state index in [4.69, 9.17) is 15.0 Å². The van der Waals surface area contributed by atoms with E-state index in [0.717, 1.165) is 34.3 Å². The summed E-state index contributed by atoms with van der Waals surface area (Å²) in [4.78, 5) is 15.1. The first kappa shape index (κ1) is 35.4. The van der Waals surface area contributed by atoms with Gasteiger partial charge in [-0.2, -0.15) is 0 Å². The van der Waals surface area contributed by atoms with E-state index in [1.54, 1.807) is 0 Å². The van der Waals surface area contributed by atoms with Gasteiger partial charge in [-0.15, -0.1) is 0 Å². The van der Waals surface area contributed by atoms with Gasteiger partial charge in [0.25, 0.3) is 0 Å². The molecule has 0 atom stereocenters. The smallest absolute Gasteiger partial charge is 0.164 e. The molecule has 0 unspecified atom stereocenters. The van der Waals surface area contributed by atoms with E-state index < -0.39 is 0 Å². The minimum absolute atomic E-state index is 0.635. The van der Waals surface area contributed by atoms with Crippen molar-refractivity contribution in [3.63, 3.8) is 0 Å². The number of rotatable bonds is 6. The number of para-hydroxylation sites is 2. The first-order valence-electron chi connectivity index (χ1n) is 21.5. The fourth-order valence-electron chi connectivity index (χ4n) is 9.85. The Morgan fingerprint density at radius 3 is 1.46 bits per heavy atom. The molecule has 12 aromatic rings. The van der Waals surface area contributed by atoms with Crippen molar-refractivity contribution in [2.75, 3.05) is 0 Å². The molecule has 3 heterocycles. The van der Waals surface area contributed by atoms with E-state index in [9.17, 15) is 0 Å². The second-order valence-electron chi connectivity index (χ2n) is 16.4. The van der Waals surface area contributed by atoms with Crippen molar-refractivity contribution in [3.8, 4) is 67.8 Å². The molecular weight excluding hydrogens is 767 g/mol. The van der Waals surface area contributed by atoms with Crippen molar-refractivity contribution in [2.24, 2.45) is 0 Å². The molecule has 0 bridgehead atoms. The monoisotopic (exact) mass is 803 g/mol. The molecule has 3 aromatic heterocycles. The standard InChI is InChI=1S/C58H37N5/c1-4-15-37(16-5-1)40-27-29-49-47-23-10-12-25-52(47)63(54(49)35-40)45-28-30-46-42(33-45)31-43-34-51-48-24-11-13-26-53(48)62(55(51)36-50(43)46)44-22-14-21-41(32-44)58-60-56(38-17-6-2-7-18-38)59-57(61-58)39-19-8-3-9-20-39/h1-30,32-36H,31H2. The molecular formula is C58H37N5. The molecule has 0 saturated heterocycles. The van der Waals surface area contributed by atoms with Crippen LogP contribution in [0.3, 0.4) is 0 Å². The molecule has 0 saturated carbocycles. The summed E-state index contributed by atoms with van der Waals surface area (Å²) in [5.74, 6) is 1.93. The summed E-state index contributed by atoms with van der Waals surface area (Å²) < 4.78 is 4.85. The fraction of sp³-hybridized carbons (Fsp3) is 0.0172. The van der Waals surface area contributed by atoms with Gasteiger partial charge in [0.2, 0.25) is 0 Å². The SMILES string of the molecule is c1ccc(-c2ccc3c4ccccc4n(-c4ccc5c(c4)Cc4cc6c7ccccc7n(-c7cccc(-c8nc(-c9ccccc9)nc(-c9ccccc9)n8)c7)c6cc4-5)c3c2)cc1. The predicted octanol–water partition coefficient (Wildman–Crippen LogP) is 14.3. The van der Waals surface area contributed by atoms with Gasteiger partial charge in [0.05, 0.1) is 22.1 Å². The summed E-state index contributed by atoms with van der Waals surface area (Å²) in [6.07, 6.45) is 0.878. The Kier molecular flexibility index (Phi) is 7.90. The number of hydrogen-bond acceptors (Lipinski definition) is 3. The molecule has 1 aliphatic rings. The number of fused-ring (bicyclic) bond motifs is 9. The third-order valence-corrected chi connectivity index (χ3v) is 12.8. The van der Waals surface area contributed by atoms with Gasteiger partial charge in [0, 0.05) is 49.6 Å². The van der Waals surface area contributed by atoms with Crippen molar-refractivity contribution in [1.29, 1.82) is 0 Å². The maximum atomic E-state index is 5.06. The highest BCUT2D eigenvalue weighted by Crippen LogP contribution is 2.44. The Morgan fingerprint density at radius 2 is 0.794 bits per heavy atom. The minimum atomic E-state index is 0.635. The normalized spacial score (nSPS) is 12.1. The fourth-order valence-corrected chi connectivity index (χ4v) is 9.85. The maximum Gasteiger partial charge on any atom is 0.164 e. The lowest BCUT2D eigenvalue weighted by Crippen LogP contribution is -2.01. The summed E-state index contributed by atoms with van der Waals surface area (Å²) in [7, 11) is 0. The zero-order valence-corrected chi connectivity index (χ0v) is 34.2. The lowest BCUT2D eigenvalue weighted by molar-refractivity contribution is 1.07. The topological polar surface area (TPSA) is 48.5 Å². The van der Waals surface area contributed by atoms with Crippen LogP contribution in [0.2, 0.25) is 0 Å². The van der Waals surface area contributed by atoms with Crippen molar-refractivity contribution in [3.05, 3.63) is 223 Å². The van der Waals surface area contributed by atoms with Gasteiger partial charge in [-0.05, 0) is 94.4 Å². The lowest BCUT2D eigenvalue weighted by Gasteiger charge is -2.12. The molecule has 294 valence electrons. The van der Waals surface area contributed by atoms with Crippen molar-refractivity contribution >= 4 is 43.6 Å². The van der Waals surface area contributed by atoms with Crippen LogP contribution in [-0.4, -0.2) is 24.1 Å². The van der Waals surface area contributed by atoms with Crippen LogP contribution in [0.15, 0.2) is 212 Å². The highest BCUT2D eigenvalue weighted by Gasteiger charge is 2.24. The van der Waals surface area contributed by atoms with Crippen LogP contribution in [0.25, 0.3) is 111 Å². The van der Waals surface area contributed by atoms with E-state index in [1.165, 1.54) is 77.2 Å². The molecule has 0 N–H and O–H groups in total. The number of nitrogens with zero attached hydrogens (tertiary/aromatic N) is 5. The van der Waals surface area contributed by atoms with Crippen molar-refractivity contribution < 1.29 is 0 Å². The largest absolute Gasteiger partial charge is 0.309 e. The van der Waals surface area contributed by atoms with E-state index in [-0.39, 0.29) is 0 Å². The summed E-state index contributed by atoms with van der Waals surface area (Å²) in [6, 6.07) is 75.9. The average molecular weight is 804 g/mol. The Bertz CT molecular complexity index is 3700. The molecule has 0 aliphatic heterocycles. The summed E-state index contributed by atoms with van der Waals surface area (Å²) in [5.41, 5.74) is 17.5. The molecule has 1 aliphatic carbocycles. The van der Waals surface area contributed by atoms with Crippen LogP contribution in [-0.2, 0) is 6.42 Å². The van der Waals surface area contributed by atoms with Gasteiger partial charge in [-0.3, -0.25) is 0 Å². The highest BCUT2D eigenvalue weighted by atomic mass is 15.0. The average Bonchev–Trinajstić information content (AvgIpc) is 4.00. The third kappa shape index (κ3) is 5.74. The molecule has 0 fully saturated rings. The van der Waals surface area contributed by atoms with Crippen LogP contribution in [0, 0.1) is 0 Å². The van der Waals surface area contributed by atoms with Gasteiger partial charge < -0.3 is 9.13 Å². The van der Waals surface area contributed by atoms with Gasteiger partial charge in [-0.25, -0.2) is 15.0 Å². The van der Waals surface area contributed by atoms with Crippen LogP contribution in [0.4, 0.5) is 0 Å². The van der Waals surface area contributed by atoms with Gasteiger partial charge in [0.1, 0.15) is 0 Å². The molecule has 13 rings (SSSR count). The Balaban J connectivity index is 0.944. The van der Waals surface area contributed by atoms with Crippen LogP contribution < -0.4 is 0 Å². The zero-order chi connectivity index (χ0) is 41.4.